The molecular formula is C16H16N2O3. The Hall–Kier alpha value is -2.61. The van der Waals surface area contributed by atoms with E-state index >= 15 is 0 Å². The van der Waals surface area contributed by atoms with E-state index in [1.54, 1.807) is 23.1 Å². The van der Waals surface area contributed by atoms with Crippen LogP contribution in [0.1, 0.15) is 24.0 Å². The number of nitrogens with zero attached hydrogens (tertiary/aromatic N) is 2. The van der Waals surface area contributed by atoms with Crippen molar-refractivity contribution in [1.29, 1.82) is 5.26 Å². The van der Waals surface area contributed by atoms with Crippen molar-refractivity contribution in [2.45, 2.75) is 19.4 Å². The Morgan fingerprint density at radius 2 is 2.29 bits per heavy atom. The van der Waals surface area contributed by atoms with Crippen LogP contribution in [0.15, 0.2) is 35.9 Å². The third kappa shape index (κ3) is 3.69. The quantitative estimate of drug-likeness (QED) is 0.773. The largest absolute Gasteiger partial charge is 0.469 e. The fraction of sp³-hybridized carbons (Fsp3) is 0.312. The highest BCUT2D eigenvalue weighted by Gasteiger charge is 2.24. The number of carbonyl (C=O) groups excluding carboxylic acids is 2. The normalized spacial score (nSPS) is 13.8. The minimum Gasteiger partial charge on any atom is -0.469 e. The maximum atomic E-state index is 12.2. The molecule has 1 aromatic carbocycles. The highest BCUT2D eigenvalue weighted by atomic mass is 16.5. The Kier molecular flexibility index (Phi) is 4.72. The van der Waals surface area contributed by atoms with Gasteiger partial charge in [0.05, 0.1) is 18.7 Å². The van der Waals surface area contributed by atoms with Gasteiger partial charge in [0.25, 0.3) is 0 Å². The summed E-state index contributed by atoms with van der Waals surface area (Å²) in [5.74, 6) is -0.370. The van der Waals surface area contributed by atoms with Crippen molar-refractivity contribution < 1.29 is 14.3 Å². The molecule has 21 heavy (non-hydrogen) atoms. The predicted molar refractivity (Wildman–Crippen MR) is 75.9 cm³/mol. The van der Waals surface area contributed by atoms with Crippen LogP contribution in [0, 0.1) is 11.3 Å². The molecule has 1 aliphatic heterocycles. The average molecular weight is 284 g/mol. The van der Waals surface area contributed by atoms with E-state index in [0.717, 1.165) is 5.56 Å². The molecule has 0 bridgehead atoms. The van der Waals surface area contributed by atoms with Gasteiger partial charge in [0, 0.05) is 25.1 Å². The second-order valence-corrected chi connectivity index (χ2v) is 4.80. The van der Waals surface area contributed by atoms with Crippen LogP contribution >= 0.6 is 0 Å². The zero-order valence-corrected chi connectivity index (χ0v) is 11.8. The molecule has 0 N–H and O–H groups in total. The fourth-order valence-electron chi connectivity index (χ4n) is 2.24. The second kappa shape index (κ2) is 6.71. The first-order valence-corrected chi connectivity index (χ1v) is 6.68. The van der Waals surface area contributed by atoms with Crippen LogP contribution in [-0.2, 0) is 20.9 Å². The Morgan fingerprint density at radius 3 is 3.00 bits per heavy atom. The topological polar surface area (TPSA) is 70.4 Å². The Balaban J connectivity index is 1.94. The van der Waals surface area contributed by atoms with Crippen LogP contribution in [0.5, 0.6) is 0 Å². The van der Waals surface area contributed by atoms with E-state index in [4.69, 9.17) is 5.26 Å². The number of benzene rings is 1. The van der Waals surface area contributed by atoms with Crippen molar-refractivity contribution in [2.75, 3.05) is 13.7 Å². The van der Waals surface area contributed by atoms with Crippen LogP contribution in [0.3, 0.4) is 0 Å². The van der Waals surface area contributed by atoms with Gasteiger partial charge in [0.1, 0.15) is 0 Å². The lowest BCUT2D eigenvalue weighted by molar-refractivity contribution is -0.140. The van der Waals surface area contributed by atoms with E-state index in [9.17, 15) is 9.59 Å². The van der Waals surface area contributed by atoms with Crippen molar-refractivity contribution in [3.8, 4) is 6.07 Å². The Bertz CT molecular complexity index is 629. The summed E-state index contributed by atoms with van der Waals surface area (Å²) in [6, 6.07) is 9.29. The van der Waals surface area contributed by atoms with E-state index in [0.29, 0.717) is 30.6 Å². The zero-order valence-electron chi connectivity index (χ0n) is 11.8. The summed E-state index contributed by atoms with van der Waals surface area (Å²) in [7, 11) is 1.33. The Morgan fingerprint density at radius 1 is 1.48 bits per heavy atom. The van der Waals surface area contributed by atoms with E-state index in [1.165, 1.54) is 7.11 Å². The minimum absolute atomic E-state index is 0.0544. The van der Waals surface area contributed by atoms with Gasteiger partial charge in [0.15, 0.2) is 0 Å². The number of rotatable bonds is 5. The van der Waals surface area contributed by atoms with Gasteiger partial charge in [-0.1, -0.05) is 18.2 Å². The van der Waals surface area contributed by atoms with Crippen LogP contribution in [0.4, 0.5) is 0 Å². The molecule has 1 heterocycles. The molecule has 0 fully saturated rings. The highest BCUT2D eigenvalue weighted by molar-refractivity contribution is 5.96. The zero-order chi connectivity index (χ0) is 15.2. The fourth-order valence-corrected chi connectivity index (χ4v) is 2.24. The van der Waals surface area contributed by atoms with Gasteiger partial charge >= 0.3 is 5.97 Å². The first kappa shape index (κ1) is 14.8. The van der Waals surface area contributed by atoms with Gasteiger partial charge < -0.3 is 9.64 Å². The van der Waals surface area contributed by atoms with Crippen LogP contribution in [0.2, 0.25) is 0 Å². The molecule has 1 aliphatic rings. The number of carbonyl (C=O) groups is 2. The molecule has 0 radical (unpaired) electrons. The molecule has 2 rings (SSSR count). The van der Waals surface area contributed by atoms with Crippen LogP contribution in [0.25, 0.3) is 0 Å². The molecular weight excluding hydrogens is 268 g/mol. The number of hydrogen-bond donors (Lipinski definition) is 0. The minimum atomic E-state index is -0.316. The average Bonchev–Trinajstić information content (AvgIpc) is 2.85. The van der Waals surface area contributed by atoms with Gasteiger partial charge in [-0.2, -0.15) is 5.26 Å². The molecule has 5 nitrogen and oxygen atoms in total. The molecule has 0 saturated carbocycles. The lowest BCUT2D eigenvalue weighted by atomic mass is 10.1. The third-order valence-electron chi connectivity index (χ3n) is 3.38. The molecule has 1 amide bonds. The van der Waals surface area contributed by atoms with E-state index in [-0.39, 0.29) is 18.3 Å². The molecule has 0 saturated heterocycles. The SMILES string of the molecule is COC(=O)CCC1=CCN(Cc2cccc(C#N)c2)C1=O. The summed E-state index contributed by atoms with van der Waals surface area (Å²) >= 11 is 0. The van der Waals surface area contributed by atoms with Crippen molar-refractivity contribution in [1.82, 2.24) is 4.90 Å². The number of esters is 1. The molecule has 0 spiro atoms. The molecule has 1 aromatic rings. The van der Waals surface area contributed by atoms with Crippen molar-refractivity contribution in [3.05, 3.63) is 47.0 Å². The first-order valence-electron chi connectivity index (χ1n) is 6.68. The van der Waals surface area contributed by atoms with Crippen molar-refractivity contribution in [2.24, 2.45) is 0 Å². The van der Waals surface area contributed by atoms with Crippen molar-refractivity contribution in [3.63, 3.8) is 0 Å². The van der Waals surface area contributed by atoms with Gasteiger partial charge in [-0.15, -0.1) is 0 Å². The van der Waals surface area contributed by atoms with Crippen molar-refractivity contribution >= 4 is 11.9 Å². The molecule has 0 unspecified atom stereocenters. The predicted octanol–water partition coefficient (Wildman–Crippen LogP) is 1.78. The third-order valence-corrected chi connectivity index (χ3v) is 3.38. The molecule has 0 aliphatic carbocycles. The maximum Gasteiger partial charge on any atom is 0.305 e. The summed E-state index contributed by atoms with van der Waals surface area (Å²) in [5, 5.41) is 8.88. The standard InChI is InChI=1S/C16H16N2O3/c1-21-15(19)6-5-14-7-8-18(16(14)20)11-13-4-2-3-12(9-13)10-17/h2-4,7,9H,5-6,8,11H2,1H3. The van der Waals surface area contributed by atoms with Gasteiger partial charge in [-0.3, -0.25) is 9.59 Å². The number of hydrogen-bond acceptors (Lipinski definition) is 4. The number of amides is 1. The van der Waals surface area contributed by atoms with E-state index in [1.807, 2.05) is 12.1 Å². The van der Waals surface area contributed by atoms with Gasteiger partial charge in [-0.05, 0) is 24.1 Å². The molecule has 0 atom stereocenters. The smallest absolute Gasteiger partial charge is 0.305 e. The molecule has 0 aromatic heterocycles. The number of methoxy groups -OCH3 is 1. The lowest BCUT2D eigenvalue weighted by Crippen LogP contribution is -2.26. The summed E-state index contributed by atoms with van der Waals surface area (Å²) in [5.41, 5.74) is 2.15. The maximum absolute atomic E-state index is 12.2. The summed E-state index contributed by atoms with van der Waals surface area (Å²) in [6.45, 7) is 0.999. The van der Waals surface area contributed by atoms with E-state index < -0.39 is 0 Å². The summed E-state index contributed by atoms with van der Waals surface area (Å²) in [4.78, 5) is 25.0. The van der Waals surface area contributed by atoms with Crippen LogP contribution in [-0.4, -0.2) is 30.4 Å². The Labute approximate surface area is 123 Å². The lowest BCUT2D eigenvalue weighted by Gasteiger charge is -2.16. The van der Waals surface area contributed by atoms with Gasteiger partial charge in [0.2, 0.25) is 5.91 Å². The summed E-state index contributed by atoms with van der Waals surface area (Å²) in [6.07, 6.45) is 2.46. The second-order valence-electron chi connectivity index (χ2n) is 4.80. The molecule has 5 heteroatoms. The van der Waals surface area contributed by atoms with Crippen LogP contribution < -0.4 is 0 Å². The summed E-state index contributed by atoms with van der Waals surface area (Å²) < 4.78 is 4.57. The number of ether oxygens (including phenoxy) is 1. The highest BCUT2D eigenvalue weighted by Crippen LogP contribution is 2.19. The van der Waals surface area contributed by atoms with E-state index in [2.05, 4.69) is 10.8 Å². The first-order chi connectivity index (χ1) is 10.1. The number of nitriles is 1. The monoisotopic (exact) mass is 284 g/mol. The molecule has 108 valence electrons. The van der Waals surface area contributed by atoms with Gasteiger partial charge in [-0.25, -0.2) is 0 Å².